The number of carbonyl (C=O) groups is 1. The van der Waals surface area contributed by atoms with Crippen molar-refractivity contribution >= 4 is 35.0 Å². The van der Waals surface area contributed by atoms with Crippen molar-refractivity contribution in [3.63, 3.8) is 0 Å². The summed E-state index contributed by atoms with van der Waals surface area (Å²) in [6, 6.07) is 5.66. The number of hydrogen-bond acceptors (Lipinski definition) is 3. The maximum atomic E-state index is 11.7. The standard InChI is InChI=1S/C13H19ClN2OS/c1-9-3-4-11(14)7-12(9)16-13(17)8-18-6-5-10(2)15/h3-4,7,10H,5-6,8,15H2,1-2H3,(H,16,17). The molecule has 0 spiro atoms. The first kappa shape index (κ1) is 15.3. The fraction of sp³-hybridized carbons (Fsp3) is 0.462. The summed E-state index contributed by atoms with van der Waals surface area (Å²) in [6.45, 7) is 3.91. The highest BCUT2D eigenvalue weighted by atomic mass is 35.5. The molecule has 100 valence electrons. The van der Waals surface area contributed by atoms with Crippen molar-refractivity contribution in [3.05, 3.63) is 28.8 Å². The van der Waals surface area contributed by atoms with E-state index in [9.17, 15) is 4.79 Å². The van der Waals surface area contributed by atoms with Crippen LogP contribution in [-0.2, 0) is 4.79 Å². The number of hydrogen-bond donors (Lipinski definition) is 2. The van der Waals surface area contributed by atoms with Crippen LogP contribution in [0.15, 0.2) is 18.2 Å². The molecule has 0 heterocycles. The number of anilines is 1. The number of carbonyl (C=O) groups excluding carboxylic acids is 1. The lowest BCUT2D eigenvalue weighted by Gasteiger charge is -2.09. The smallest absolute Gasteiger partial charge is 0.234 e. The van der Waals surface area contributed by atoms with Gasteiger partial charge in [-0.05, 0) is 43.7 Å². The van der Waals surface area contributed by atoms with Crippen molar-refractivity contribution < 1.29 is 4.79 Å². The van der Waals surface area contributed by atoms with Gasteiger partial charge >= 0.3 is 0 Å². The summed E-state index contributed by atoms with van der Waals surface area (Å²) in [5, 5.41) is 3.49. The molecule has 0 aliphatic carbocycles. The average molecular weight is 287 g/mol. The van der Waals surface area contributed by atoms with Crippen molar-refractivity contribution in [3.8, 4) is 0 Å². The molecule has 0 radical (unpaired) electrons. The third-order valence-electron chi connectivity index (χ3n) is 2.42. The minimum atomic E-state index is -0.00459. The third kappa shape index (κ3) is 5.76. The Morgan fingerprint density at radius 3 is 2.94 bits per heavy atom. The van der Waals surface area contributed by atoms with Crippen LogP contribution < -0.4 is 11.1 Å². The molecule has 3 N–H and O–H groups in total. The van der Waals surface area contributed by atoms with Gasteiger partial charge in [-0.25, -0.2) is 0 Å². The zero-order valence-electron chi connectivity index (χ0n) is 10.7. The molecule has 1 amide bonds. The van der Waals surface area contributed by atoms with E-state index in [0.717, 1.165) is 23.4 Å². The first-order chi connectivity index (χ1) is 8.49. The van der Waals surface area contributed by atoms with E-state index in [2.05, 4.69) is 5.32 Å². The van der Waals surface area contributed by atoms with Crippen molar-refractivity contribution in [2.45, 2.75) is 26.3 Å². The van der Waals surface area contributed by atoms with Crippen molar-refractivity contribution in [2.24, 2.45) is 5.73 Å². The van der Waals surface area contributed by atoms with Crippen LogP contribution in [-0.4, -0.2) is 23.5 Å². The summed E-state index contributed by atoms with van der Waals surface area (Å²) in [5.74, 6) is 1.34. The summed E-state index contributed by atoms with van der Waals surface area (Å²) in [4.78, 5) is 11.7. The monoisotopic (exact) mass is 286 g/mol. The number of benzene rings is 1. The largest absolute Gasteiger partial charge is 0.328 e. The van der Waals surface area contributed by atoms with Gasteiger partial charge in [-0.1, -0.05) is 17.7 Å². The molecule has 0 aliphatic heterocycles. The number of thioether (sulfide) groups is 1. The molecule has 1 aromatic rings. The third-order valence-corrected chi connectivity index (χ3v) is 3.65. The SMILES string of the molecule is Cc1ccc(Cl)cc1NC(=O)CSCCC(C)N. The van der Waals surface area contributed by atoms with Gasteiger partial charge in [0.2, 0.25) is 5.91 Å². The Morgan fingerprint density at radius 2 is 2.28 bits per heavy atom. The van der Waals surface area contributed by atoms with Crippen LogP contribution in [0, 0.1) is 6.92 Å². The minimum absolute atomic E-state index is 0.00459. The number of rotatable bonds is 6. The topological polar surface area (TPSA) is 55.1 Å². The van der Waals surface area contributed by atoms with E-state index in [4.69, 9.17) is 17.3 Å². The first-order valence-electron chi connectivity index (χ1n) is 5.88. The first-order valence-corrected chi connectivity index (χ1v) is 7.41. The molecular weight excluding hydrogens is 268 g/mol. The zero-order valence-corrected chi connectivity index (χ0v) is 12.3. The van der Waals surface area contributed by atoms with Crippen LogP contribution in [0.25, 0.3) is 0 Å². The summed E-state index contributed by atoms with van der Waals surface area (Å²) in [6.07, 6.45) is 0.925. The molecular formula is C13H19ClN2OS. The van der Waals surface area contributed by atoms with Gasteiger partial charge in [-0.3, -0.25) is 4.79 Å². The van der Waals surface area contributed by atoms with Crippen LogP contribution in [0.5, 0.6) is 0 Å². The minimum Gasteiger partial charge on any atom is -0.328 e. The van der Waals surface area contributed by atoms with Crippen LogP contribution in [0.2, 0.25) is 5.02 Å². The van der Waals surface area contributed by atoms with E-state index in [1.54, 1.807) is 17.8 Å². The number of halogens is 1. The van der Waals surface area contributed by atoms with Crippen molar-refractivity contribution in [2.75, 3.05) is 16.8 Å². The van der Waals surface area contributed by atoms with Crippen molar-refractivity contribution in [1.29, 1.82) is 0 Å². The molecule has 1 unspecified atom stereocenters. The quantitative estimate of drug-likeness (QED) is 0.790. The van der Waals surface area contributed by atoms with Gasteiger partial charge in [0.15, 0.2) is 0 Å². The van der Waals surface area contributed by atoms with E-state index in [0.29, 0.717) is 10.8 Å². The Labute approximate surface area is 117 Å². The van der Waals surface area contributed by atoms with Gasteiger partial charge in [0.05, 0.1) is 5.75 Å². The van der Waals surface area contributed by atoms with Crippen LogP contribution in [0.3, 0.4) is 0 Å². The normalized spacial score (nSPS) is 12.2. The maximum absolute atomic E-state index is 11.7. The van der Waals surface area contributed by atoms with E-state index >= 15 is 0 Å². The van der Waals surface area contributed by atoms with Crippen LogP contribution in [0.1, 0.15) is 18.9 Å². The van der Waals surface area contributed by atoms with Crippen LogP contribution in [0.4, 0.5) is 5.69 Å². The van der Waals surface area contributed by atoms with E-state index in [1.165, 1.54) is 0 Å². The average Bonchev–Trinajstić information content (AvgIpc) is 2.29. The molecule has 0 fully saturated rings. The van der Waals surface area contributed by atoms with E-state index < -0.39 is 0 Å². The molecule has 0 saturated carbocycles. The second-order valence-electron chi connectivity index (χ2n) is 4.33. The van der Waals surface area contributed by atoms with Gasteiger partial charge in [0.1, 0.15) is 0 Å². The lowest BCUT2D eigenvalue weighted by Crippen LogP contribution is -2.18. The summed E-state index contributed by atoms with van der Waals surface area (Å²) < 4.78 is 0. The van der Waals surface area contributed by atoms with Gasteiger partial charge in [-0.15, -0.1) is 0 Å². The zero-order chi connectivity index (χ0) is 13.5. The summed E-state index contributed by atoms with van der Waals surface area (Å²) in [5.41, 5.74) is 7.43. The number of aryl methyl sites for hydroxylation is 1. The Balaban J connectivity index is 2.38. The van der Waals surface area contributed by atoms with Crippen molar-refractivity contribution in [1.82, 2.24) is 0 Å². The highest BCUT2D eigenvalue weighted by molar-refractivity contribution is 7.99. The molecule has 0 aromatic heterocycles. The Hall–Kier alpha value is -0.710. The Bertz CT molecular complexity index is 410. The second kappa shape index (κ2) is 7.67. The molecule has 1 aromatic carbocycles. The highest BCUT2D eigenvalue weighted by Gasteiger charge is 2.05. The van der Waals surface area contributed by atoms with Gasteiger partial charge in [0.25, 0.3) is 0 Å². The molecule has 0 bridgehead atoms. The number of nitrogens with two attached hydrogens (primary N) is 1. The Kier molecular flexibility index (Phi) is 6.54. The summed E-state index contributed by atoms with van der Waals surface area (Å²) >= 11 is 7.49. The molecule has 3 nitrogen and oxygen atoms in total. The fourth-order valence-corrected chi connectivity index (χ4v) is 2.46. The lowest BCUT2D eigenvalue weighted by atomic mass is 10.2. The summed E-state index contributed by atoms with van der Waals surface area (Å²) in [7, 11) is 0. The van der Waals surface area contributed by atoms with Gasteiger partial charge in [0, 0.05) is 16.8 Å². The maximum Gasteiger partial charge on any atom is 0.234 e. The second-order valence-corrected chi connectivity index (χ2v) is 5.87. The van der Waals surface area contributed by atoms with Crippen LogP contribution >= 0.6 is 23.4 Å². The molecule has 0 saturated heterocycles. The number of amides is 1. The highest BCUT2D eigenvalue weighted by Crippen LogP contribution is 2.20. The molecule has 0 aliphatic rings. The molecule has 5 heteroatoms. The number of nitrogens with one attached hydrogen (secondary N) is 1. The molecule has 18 heavy (non-hydrogen) atoms. The Morgan fingerprint density at radius 1 is 1.56 bits per heavy atom. The van der Waals surface area contributed by atoms with Gasteiger partial charge in [-0.2, -0.15) is 11.8 Å². The lowest BCUT2D eigenvalue weighted by molar-refractivity contribution is -0.113. The van der Waals surface area contributed by atoms with Gasteiger partial charge < -0.3 is 11.1 Å². The predicted molar refractivity (Wildman–Crippen MR) is 80.4 cm³/mol. The van der Waals surface area contributed by atoms with E-state index in [1.807, 2.05) is 26.0 Å². The molecule has 1 atom stereocenters. The van der Waals surface area contributed by atoms with E-state index in [-0.39, 0.29) is 11.9 Å². The molecule has 1 rings (SSSR count). The predicted octanol–water partition coefficient (Wildman–Crippen LogP) is 3.06. The fourth-order valence-electron chi connectivity index (χ4n) is 1.35.